The number of anilines is 1. The Labute approximate surface area is 193 Å². The highest BCUT2D eigenvalue weighted by atomic mass is 16.6. The highest BCUT2D eigenvalue weighted by Gasteiger charge is 2.22. The SMILES string of the molecule is CC(C)(C)c1cc(NC(=O)Oc2ccccc2)n(-c2cccc(OCc3ccccc3)c2)n1. The maximum absolute atomic E-state index is 12.6. The van der Waals surface area contributed by atoms with Crippen LogP contribution in [0, 0.1) is 0 Å². The van der Waals surface area contributed by atoms with Crippen LogP contribution in [-0.2, 0) is 12.0 Å². The summed E-state index contributed by atoms with van der Waals surface area (Å²) >= 11 is 0. The normalized spacial score (nSPS) is 11.1. The largest absolute Gasteiger partial charge is 0.489 e. The number of amides is 1. The molecule has 1 aromatic heterocycles. The molecule has 168 valence electrons. The minimum Gasteiger partial charge on any atom is -0.489 e. The zero-order valence-electron chi connectivity index (χ0n) is 19.0. The first-order chi connectivity index (χ1) is 15.9. The molecule has 0 atom stereocenters. The number of hydrogen-bond acceptors (Lipinski definition) is 4. The van der Waals surface area contributed by atoms with E-state index in [4.69, 9.17) is 14.6 Å². The first-order valence-corrected chi connectivity index (χ1v) is 10.8. The fraction of sp³-hybridized carbons (Fsp3) is 0.185. The smallest absolute Gasteiger partial charge is 0.418 e. The molecule has 0 unspecified atom stereocenters. The first kappa shape index (κ1) is 22.1. The Morgan fingerprint density at radius 2 is 1.55 bits per heavy atom. The van der Waals surface area contributed by atoms with E-state index in [-0.39, 0.29) is 5.41 Å². The summed E-state index contributed by atoms with van der Waals surface area (Å²) in [6.07, 6.45) is -0.584. The van der Waals surface area contributed by atoms with E-state index in [1.54, 1.807) is 16.8 Å². The number of hydrogen-bond donors (Lipinski definition) is 1. The van der Waals surface area contributed by atoms with E-state index >= 15 is 0 Å². The number of para-hydroxylation sites is 1. The molecule has 4 aromatic rings. The van der Waals surface area contributed by atoms with E-state index in [0.29, 0.717) is 23.9 Å². The highest BCUT2D eigenvalue weighted by Crippen LogP contribution is 2.28. The molecule has 6 nitrogen and oxygen atoms in total. The van der Waals surface area contributed by atoms with E-state index in [0.717, 1.165) is 16.9 Å². The number of ether oxygens (including phenoxy) is 2. The van der Waals surface area contributed by atoms with Gasteiger partial charge in [-0.25, -0.2) is 9.48 Å². The van der Waals surface area contributed by atoms with Crippen LogP contribution < -0.4 is 14.8 Å². The topological polar surface area (TPSA) is 65.4 Å². The summed E-state index contributed by atoms with van der Waals surface area (Å²) in [6, 6.07) is 28.4. The number of aromatic nitrogens is 2. The second kappa shape index (κ2) is 9.61. The number of carbonyl (C=O) groups excluding carboxylic acids is 1. The molecule has 4 rings (SSSR count). The molecular weight excluding hydrogens is 414 g/mol. The third-order valence-corrected chi connectivity index (χ3v) is 4.97. The third kappa shape index (κ3) is 5.80. The van der Waals surface area contributed by atoms with Crippen molar-refractivity contribution in [3.63, 3.8) is 0 Å². The zero-order chi connectivity index (χ0) is 23.3. The molecular formula is C27H27N3O3. The minimum atomic E-state index is -0.584. The average molecular weight is 442 g/mol. The molecule has 0 aliphatic heterocycles. The maximum Gasteiger partial charge on any atom is 0.418 e. The molecule has 3 aromatic carbocycles. The van der Waals surface area contributed by atoms with Crippen molar-refractivity contribution >= 4 is 11.9 Å². The van der Waals surface area contributed by atoms with Crippen molar-refractivity contribution in [2.45, 2.75) is 32.8 Å². The summed E-state index contributed by atoms with van der Waals surface area (Å²) in [4.78, 5) is 12.6. The van der Waals surface area contributed by atoms with Crippen LogP contribution in [0.2, 0.25) is 0 Å². The minimum absolute atomic E-state index is 0.202. The van der Waals surface area contributed by atoms with E-state index in [9.17, 15) is 4.79 Å². The van der Waals surface area contributed by atoms with E-state index in [1.165, 1.54) is 0 Å². The lowest BCUT2D eigenvalue weighted by Crippen LogP contribution is -2.19. The fourth-order valence-electron chi connectivity index (χ4n) is 3.21. The Hall–Kier alpha value is -4.06. The van der Waals surface area contributed by atoms with E-state index < -0.39 is 6.09 Å². The Kier molecular flexibility index (Phi) is 6.45. The van der Waals surface area contributed by atoms with Crippen molar-refractivity contribution in [1.29, 1.82) is 0 Å². The highest BCUT2D eigenvalue weighted by molar-refractivity contribution is 5.85. The summed E-state index contributed by atoms with van der Waals surface area (Å²) in [5.74, 6) is 1.69. The van der Waals surface area contributed by atoms with Crippen LogP contribution in [0.1, 0.15) is 32.0 Å². The van der Waals surface area contributed by atoms with Gasteiger partial charge in [0, 0.05) is 17.5 Å². The van der Waals surface area contributed by atoms with Gasteiger partial charge < -0.3 is 9.47 Å². The number of benzene rings is 3. The lowest BCUT2D eigenvalue weighted by atomic mass is 9.92. The summed E-state index contributed by atoms with van der Waals surface area (Å²) in [6.45, 7) is 6.69. The maximum atomic E-state index is 12.6. The van der Waals surface area contributed by atoms with Crippen molar-refractivity contribution in [3.8, 4) is 17.2 Å². The molecule has 0 bridgehead atoms. The van der Waals surface area contributed by atoms with Gasteiger partial charge in [0.25, 0.3) is 0 Å². The number of nitrogens with zero attached hydrogens (tertiary/aromatic N) is 2. The van der Waals surface area contributed by atoms with Gasteiger partial charge >= 0.3 is 6.09 Å². The molecule has 0 spiro atoms. The van der Waals surface area contributed by atoms with Gasteiger partial charge in [-0.15, -0.1) is 0 Å². The van der Waals surface area contributed by atoms with Crippen LogP contribution in [0.25, 0.3) is 5.69 Å². The Morgan fingerprint density at radius 3 is 2.24 bits per heavy atom. The fourth-order valence-corrected chi connectivity index (χ4v) is 3.21. The molecule has 0 aliphatic carbocycles. The Balaban J connectivity index is 1.58. The third-order valence-electron chi connectivity index (χ3n) is 4.97. The van der Waals surface area contributed by atoms with Crippen molar-refractivity contribution in [1.82, 2.24) is 9.78 Å². The van der Waals surface area contributed by atoms with Gasteiger partial charge in [0.15, 0.2) is 0 Å². The molecule has 33 heavy (non-hydrogen) atoms. The molecule has 0 aliphatic rings. The van der Waals surface area contributed by atoms with Gasteiger partial charge in [0.2, 0.25) is 0 Å². The second-order valence-electron chi connectivity index (χ2n) is 8.68. The molecule has 0 radical (unpaired) electrons. The Bertz CT molecular complexity index is 1210. The van der Waals surface area contributed by atoms with Crippen LogP contribution in [0.3, 0.4) is 0 Å². The average Bonchev–Trinajstić information content (AvgIpc) is 3.23. The molecule has 1 amide bonds. The zero-order valence-corrected chi connectivity index (χ0v) is 19.0. The lowest BCUT2D eigenvalue weighted by Gasteiger charge is -2.14. The van der Waals surface area contributed by atoms with Gasteiger partial charge in [0.05, 0.1) is 11.4 Å². The van der Waals surface area contributed by atoms with Crippen molar-refractivity contribution in [2.24, 2.45) is 0 Å². The van der Waals surface area contributed by atoms with Gasteiger partial charge in [0.1, 0.15) is 23.9 Å². The number of rotatable bonds is 6. The van der Waals surface area contributed by atoms with E-state index in [2.05, 4.69) is 26.1 Å². The van der Waals surface area contributed by atoms with Crippen LogP contribution in [-0.4, -0.2) is 15.9 Å². The lowest BCUT2D eigenvalue weighted by molar-refractivity contribution is 0.215. The van der Waals surface area contributed by atoms with Gasteiger partial charge in [-0.3, -0.25) is 5.32 Å². The van der Waals surface area contributed by atoms with Crippen LogP contribution in [0.4, 0.5) is 10.6 Å². The van der Waals surface area contributed by atoms with Gasteiger partial charge in [-0.05, 0) is 29.8 Å². The summed E-state index contributed by atoms with van der Waals surface area (Å²) in [5.41, 5.74) is 2.49. The molecule has 1 heterocycles. The predicted molar refractivity (Wildman–Crippen MR) is 129 cm³/mol. The summed E-state index contributed by atoms with van der Waals surface area (Å²) < 4.78 is 13.1. The molecule has 0 fully saturated rings. The predicted octanol–water partition coefficient (Wildman–Crippen LogP) is 6.36. The van der Waals surface area contributed by atoms with Crippen molar-refractivity contribution in [2.75, 3.05) is 5.32 Å². The molecule has 1 N–H and O–H groups in total. The number of carbonyl (C=O) groups is 1. The van der Waals surface area contributed by atoms with Gasteiger partial charge in [-0.2, -0.15) is 5.10 Å². The molecule has 6 heteroatoms. The van der Waals surface area contributed by atoms with Crippen LogP contribution in [0.5, 0.6) is 11.5 Å². The van der Waals surface area contributed by atoms with Crippen molar-refractivity contribution < 1.29 is 14.3 Å². The monoisotopic (exact) mass is 441 g/mol. The van der Waals surface area contributed by atoms with Gasteiger partial charge in [-0.1, -0.05) is 75.4 Å². The number of nitrogens with one attached hydrogen (secondary N) is 1. The first-order valence-electron chi connectivity index (χ1n) is 10.8. The molecule has 0 saturated heterocycles. The summed E-state index contributed by atoms with van der Waals surface area (Å²) in [5, 5.41) is 7.59. The van der Waals surface area contributed by atoms with E-state index in [1.807, 2.05) is 78.9 Å². The second-order valence-corrected chi connectivity index (χ2v) is 8.68. The van der Waals surface area contributed by atoms with Crippen molar-refractivity contribution in [3.05, 3.63) is 102 Å². The quantitative estimate of drug-likeness (QED) is 0.378. The Morgan fingerprint density at radius 1 is 0.879 bits per heavy atom. The standard InChI is InChI=1S/C27H27N3O3/c1-27(2,3)24-18-25(28-26(31)33-22-14-8-5-9-15-22)30(29-24)21-13-10-16-23(17-21)32-19-20-11-6-4-7-12-20/h4-18H,19H2,1-3H3,(H,28,31). The summed E-state index contributed by atoms with van der Waals surface area (Å²) in [7, 11) is 0. The van der Waals surface area contributed by atoms with Crippen LogP contribution in [0.15, 0.2) is 91.0 Å². The van der Waals surface area contributed by atoms with Crippen LogP contribution >= 0.6 is 0 Å². The molecule has 0 saturated carbocycles.